The lowest BCUT2D eigenvalue weighted by atomic mass is 9.93. The Morgan fingerprint density at radius 2 is 1.71 bits per heavy atom. The summed E-state index contributed by atoms with van der Waals surface area (Å²) < 4.78 is 27.0. The maximum absolute atomic E-state index is 12.7. The van der Waals surface area contributed by atoms with Crippen LogP contribution in [-0.4, -0.2) is 50.3 Å². The van der Waals surface area contributed by atoms with Gasteiger partial charge in [-0.2, -0.15) is 4.31 Å². The van der Waals surface area contributed by atoms with Crippen LogP contribution in [0.2, 0.25) is 5.02 Å². The van der Waals surface area contributed by atoms with E-state index in [4.69, 9.17) is 11.6 Å². The summed E-state index contributed by atoms with van der Waals surface area (Å²) in [5.74, 6) is 2.32. The quantitative estimate of drug-likeness (QED) is 0.769. The molecule has 0 amide bonds. The van der Waals surface area contributed by atoms with Gasteiger partial charge in [-0.1, -0.05) is 23.8 Å². The number of fused-ring (bicyclic) bond motifs is 2. The third-order valence-corrected chi connectivity index (χ3v) is 7.86. The van der Waals surface area contributed by atoms with Crippen LogP contribution in [0.4, 0.5) is 0 Å². The van der Waals surface area contributed by atoms with Crippen molar-refractivity contribution in [1.82, 2.24) is 9.21 Å². The van der Waals surface area contributed by atoms with Crippen molar-refractivity contribution in [3.05, 3.63) is 41.4 Å². The lowest BCUT2D eigenvalue weighted by Crippen LogP contribution is -2.49. The number of sulfonamides is 1. The van der Waals surface area contributed by atoms with E-state index < -0.39 is 10.0 Å². The molecule has 3 atom stereocenters. The first-order chi connectivity index (χ1) is 11.5. The molecule has 130 valence electrons. The molecule has 6 heteroatoms. The Morgan fingerprint density at radius 3 is 2.29 bits per heavy atom. The molecule has 0 N–H and O–H groups in total. The summed E-state index contributed by atoms with van der Waals surface area (Å²) in [6, 6.07) is 6.44. The van der Waals surface area contributed by atoms with Crippen molar-refractivity contribution in [2.24, 2.45) is 17.8 Å². The zero-order valence-electron chi connectivity index (χ0n) is 13.6. The van der Waals surface area contributed by atoms with Gasteiger partial charge in [-0.25, -0.2) is 8.42 Å². The summed E-state index contributed by atoms with van der Waals surface area (Å²) in [7, 11) is -3.40. The van der Waals surface area contributed by atoms with Crippen LogP contribution in [0.3, 0.4) is 0 Å². The van der Waals surface area contributed by atoms with Crippen molar-refractivity contribution in [3.8, 4) is 0 Å². The third kappa shape index (κ3) is 3.15. The van der Waals surface area contributed by atoms with E-state index in [1.807, 2.05) is 0 Å². The Labute approximate surface area is 149 Å². The smallest absolute Gasteiger partial charge is 0.243 e. The van der Waals surface area contributed by atoms with Crippen LogP contribution in [0.15, 0.2) is 41.3 Å². The zero-order valence-corrected chi connectivity index (χ0v) is 15.2. The lowest BCUT2D eigenvalue weighted by Gasteiger charge is -2.36. The number of nitrogens with zero attached hydrogens (tertiary/aromatic N) is 2. The summed E-state index contributed by atoms with van der Waals surface area (Å²) in [5.41, 5.74) is 0. The highest BCUT2D eigenvalue weighted by Gasteiger charge is 2.37. The molecule has 2 aliphatic carbocycles. The van der Waals surface area contributed by atoms with Crippen molar-refractivity contribution in [1.29, 1.82) is 0 Å². The fourth-order valence-corrected chi connectivity index (χ4v) is 5.89. The topological polar surface area (TPSA) is 40.6 Å². The van der Waals surface area contributed by atoms with Crippen LogP contribution in [-0.2, 0) is 10.0 Å². The normalized spacial score (nSPS) is 31.0. The molecule has 0 radical (unpaired) electrons. The van der Waals surface area contributed by atoms with E-state index in [0.717, 1.165) is 37.4 Å². The minimum atomic E-state index is -3.40. The molecule has 1 saturated carbocycles. The summed E-state index contributed by atoms with van der Waals surface area (Å²) in [6.07, 6.45) is 7.40. The Balaban J connectivity index is 1.35. The van der Waals surface area contributed by atoms with Gasteiger partial charge in [-0.3, -0.25) is 0 Å². The molecule has 4 rings (SSSR count). The van der Waals surface area contributed by atoms with Gasteiger partial charge in [0.05, 0.1) is 4.90 Å². The van der Waals surface area contributed by atoms with E-state index in [9.17, 15) is 8.42 Å². The van der Waals surface area contributed by atoms with Crippen LogP contribution in [0, 0.1) is 17.8 Å². The lowest BCUT2D eigenvalue weighted by molar-refractivity contribution is 0.156. The molecular formula is C18H23ClN2O2S. The first-order valence-corrected chi connectivity index (χ1v) is 10.5. The van der Waals surface area contributed by atoms with Crippen molar-refractivity contribution < 1.29 is 8.42 Å². The minimum absolute atomic E-state index is 0.332. The van der Waals surface area contributed by atoms with Gasteiger partial charge in [-0.05, 0) is 54.9 Å². The highest BCUT2D eigenvalue weighted by atomic mass is 35.5. The van der Waals surface area contributed by atoms with Crippen molar-refractivity contribution in [2.45, 2.75) is 17.7 Å². The first kappa shape index (κ1) is 16.6. The molecule has 1 heterocycles. The first-order valence-electron chi connectivity index (χ1n) is 8.69. The monoisotopic (exact) mass is 366 g/mol. The molecule has 0 spiro atoms. The van der Waals surface area contributed by atoms with Gasteiger partial charge in [-0.15, -0.1) is 0 Å². The van der Waals surface area contributed by atoms with E-state index in [2.05, 4.69) is 17.1 Å². The Morgan fingerprint density at radius 1 is 1.00 bits per heavy atom. The summed E-state index contributed by atoms with van der Waals surface area (Å²) >= 11 is 5.85. The molecule has 0 aromatic heterocycles. The molecule has 4 nitrogen and oxygen atoms in total. The standard InChI is InChI=1S/C18H23ClN2O2S/c19-17-3-5-18(6-4-17)24(22,23)21-9-7-20(8-10-21)13-16-12-14-1-2-15(16)11-14/h1-6,14-16H,7-13H2/t14-,15+,16+/m1/s1. The van der Waals surface area contributed by atoms with Crippen LogP contribution in [0.1, 0.15) is 12.8 Å². The van der Waals surface area contributed by atoms with Gasteiger partial charge in [0, 0.05) is 37.7 Å². The zero-order chi connectivity index (χ0) is 16.7. The van der Waals surface area contributed by atoms with Crippen LogP contribution in [0.25, 0.3) is 0 Å². The van der Waals surface area contributed by atoms with Crippen LogP contribution < -0.4 is 0 Å². The third-order valence-electron chi connectivity index (χ3n) is 5.69. The minimum Gasteiger partial charge on any atom is -0.300 e. The van der Waals surface area contributed by atoms with Gasteiger partial charge < -0.3 is 4.90 Å². The molecule has 1 aliphatic heterocycles. The summed E-state index contributed by atoms with van der Waals surface area (Å²) in [4.78, 5) is 2.77. The molecular weight excluding hydrogens is 344 g/mol. The summed E-state index contributed by atoms with van der Waals surface area (Å²) in [6.45, 7) is 3.90. The molecule has 24 heavy (non-hydrogen) atoms. The predicted octanol–water partition coefficient (Wildman–Crippen LogP) is 2.86. The van der Waals surface area contributed by atoms with Crippen molar-refractivity contribution in [3.63, 3.8) is 0 Å². The number of benzene rings is 1. The fraction of sp³-hybridized carbons (Fsp3) is 0.556. The number of rotatable bonds is 4. The van der Waals surface area contributed by atoms with Crippen molar-refractivity contribution >= 4 is 21.6 Å². The number of allylic oxidation sites excluding steroid dienone is 2. The van der Waals surface area contributed by atoms with E-state index in [0.29, 0.717) is 23.0 Å². The second kappa shape index (κ2) is 6.45. The highest BCUT2D eigenvalue weighted by molar-refractivity contribution is 7.89. The van der Waals surface area contributed by atoms with Gasteiger partial charge >= 0.3 is 0 Å². The predicted molar refractivity (Wildman–Crippen MR) is 95.5 cm³/mol. The van der Waals surface area contributed by atoms with Gasteiger partial charge in [0.25, 0.3) is 0 Å². The Kier molecular flexibility index (Phi) is 4.45. The van der Waals surface area contributed by atoms with E-state index in [1.165, 1.54) is 12.8 Å². The van der Waals surface area contributed by atoms with Gasteiger partial charge in [0.2, 0.25) is 10.0 Å². The van der Waals surface area contributed by atoms with Crippen molar-refractivity contribution in [2.75, 3.05) is 32.7 Å². The Bertz CT molecular complexity index is 724. The largest absolute Gasteiger partial charge is 0.300 e. The van der Waals surface area contributed by atoms with E-state index >= 15 is 0 Å². The fourth-order valence-electron chi connectivity index (χ4n) is 4.34. The number of hydrogen-bond acceptors (Lipinski definition) is 3. The Hall–Kier alpha value is -0.880. The number of halogens is 1. The average molecular weight is 367 g/mol. The highest BCUT2D eigenvalue weighted by Crippen LogP contribution is 2.43. The van der Waals surface area contributed by atoms with Gasteiger partial charge in [0.15, 0.2) is 0 Å². The molecule has 0 unspecified atom stereocenters. The summed E-state index contributed by atoms with van der Waals surface area (Å²) in [5, 5.41) is 0.554. The molecule has 3 aliphatic rings. The van der Waals surface area contributed by atoms with Crippen LogP contribution >= 0.6 is 11.6 Å². The van der Waals surface area contributed by atoms with Crippen LogP contribution in [0.5, 0.6) is 0 Å². The molecule has 1 aromatic rings. The average Bonchev–Trinajstić information content (AvgIpc) is 3.19. The second-order valence-corrected chi connectivity index (χ2v) is 9.57. The number of piperazine rings is 1. The molecule has 2 bridgehead atoms. The maximum Gasteiger partial charge on any atom is 0.243 e. The van der Waals surface area contributed by atoms with E-state index in [1.54, 1.807) is 28.6 Å². The van der Waals surface area contributed by atoms with E-state index in [-0.39, 0.29) is 0 Å². The second-order valence-electron chi connectivity index (χ2n) is 7.20. The molecule has 1 aromatic carbocycles. The molecule has 2 fully saturated rings. The molecule has 1 saturated heterocycles. The SMILES string of the molecule is O=S(=O)(c1ccc(Cl)cc1)N1CCN(C[C@@H]2C[C@@H]3C=C[C@H]2C3)CC1. The van der Waals surface area contributed by atoms with Gasteiger partial charge in [0.1, 0.15) is 0 Å². The maximum atomic E-state index is 12.7. The number of hydrogen-bond donors (Lipinski definition) is 0.